The van der Waals surface area contributed by atoms with Gasteiger partial charge in [0.05, 0.1) is 12.0 Å². The first kappa shape index (κ1) is 16.4. The number of hydrogen-bond donors (Lipinski definition) is 1. The second-order valence-corrected chi connectivity index (χ2v) is 6.28. The summed E-state index contributed by atoms with van der Waals surface area (Å²) < 4.78 is 1.43. The maximum Gasteiger partial charge on any atom is 0.234 e. The highest BCUT2D eigenvalue weighted by Gasteiger charge is 2.33. The highest BCUT2D eigenvalue weighted by Crippen LogP contribution is 2.28. The average molecular weight is 300 g/mol. The Morgan fingerprint density at radius 3 is 2.55 bits per heavy atom. The Kier molecular flexibility index (Phi) is 5.14. The van der Waals surface area contributed by atoms with Crippen molar-refractivity contribution in [3.8, 4) is 0 Å². The summed E-state index contributed by atoms with van der Waals surface area (Å²) in [6, 6.07) is 8.29. The van der Waals surface area contributed by atoms with Crippen LogP contribution in [0.15, 0.2) is 43.0 Å². The van der Waals surface area contributed by atoms with Gasteiger partial charge in [0.1, 0.15) is 6.33 Å². The zero-order valence-corrected chi connectivity index (χ0v) is 13.5. The summed E-state index contributed by atoms with van der Waals surface area (Å²) in [5.41, 5.74) is 1.39. The molecule has 1 atom stereocenters. The Bertz CT molecular complexity index is 603. The van der Waals surface area contributed by atoms with Crippen molar-refractivity contribution >= 4 is 5.91 Å². The lowest BCUT2D eigenvalue weighted by Crippen LogP contribution is -2.39. The van der Waals surface area contributed by atoms with E-state index < -0.39 is 5.60 Å². The van der Waals surface area contributed by atoms with Gasteiger partial charge in [-0.2, -0.15) is 0 Å². The van der Waals surface area contributed by atoms with Gasteiger partial charge in [0.25, 0.3) is 0 Å². The fraction of sp³-hybridized carbons (Fsp3) is 0.444. The monoisotopic (exact) mass is 300 g/mol. The molecular formula is C18H24N2O2. The molecule has 0 unspecified atom stereocenters. The molecule has 1 aromatic carbocycles. The lowest BCUT2D eigenvalue weighted by molar-refractivity contribution is -0.0173. The highest BCUT2D eigenvalue weighted by molar-refractivity contribution is 5.79. The number of hydrogen-bond acceptors (Lipinski definition) is 3. The third-order valence-electron chi connectivity index (χ3n) is 4.29. The van der Waals surface area contributed by atoms with Crippen LogP contribution in [-0.2, 0) is 6.42 Å². The smallest absolute Gasteiger partial charge is 0.234 e. The first-order valence-corrected chi connectivity index (χ1v) is 7.70. The molecule has 0 bridgehead atoms. The molecule has 0 saturated heterocycles. The number of nitrogens with zero attached hydrogens (tertiary/aromatic N) is 2. The van der Waals surface area contributed by atoms with E-state index in [1.54, 1.807) is 12.4 Å². The maximum atomic E-state index is 12.2. The van der Waals surface area contributed by atoms with E-state index in [0.29, 0.717) is 6.42 Å². The van der Waals surface area contributed by atoms with Gasteiger partial charge < -0.3 is 5.11 Å². The number of aliphatic hydroxyl groups is 1. The van der Waals surface area contributed by atoms with Crippen molar-refractivity contribution in [3.63, 3.8) is 0 Å². The van der Waals surface area contributed by atoms with E-state index in [1.165, 1.54) is 22.0 Å². The van der Waals surface area contributed by atoms with Gasteiger partial charge in [-0.25, -0.2) is 4.98 Å². The van der Waals surface area contributed by atoms with Crippen LogP contribution in [0, 0.1) is 12.8 Å². The Labute approximate surface area is 131 Å². The van der Waals surface area contributed by atoms with Crippen LogP contribution in [0.1, 0.15) is 42.6 Å². The van der Waals surface area contributed by atoms with Crippen LogP contribution in [0.2, 0.25) is 0 Å². The van der Waals surface area contributed by atoms with E-state index in [2.05, 4.69) is 36.2 Å². The number of carbonyl (C=O) groups excluding carboxylic acids is 1. The zero-order valence-electron chi connectivity index (χ0n) is 13.5. The van der Waals surface area contributed by atoms with E-state index in [-0.39, 0.29) is 18.2 Å². The largest absolute Gasteiger partial charge is 0.389 e. The molecule has 0 saturated carbocycles. The Morgan fingerprint density at radius 1 is 1.32 bits per heavy atom. The van der Waals surface area contributed by atoms with Crippen molar-refractivity contribution in [2.45, 2.75) is 45.6 Å². The number of rotatable bonds is 6. The van der Waals surface area contributed by atoms with Gasteiger partial charge in [0, 0.05) is 12.4 Å². The van der Waals surface area contributed by atoms with Gasteiger partial charge >= 0.3 is 0 Å². The summed E-state index contributed by atoms with van der Waals surface area (Å²) in [6.45, 7) is 5.96. The molecule has 0 aliphatic rings. The van der Waals surface area contributed by atoms with Crippen molar-refractivity contribution in [3.05, 3.63) is 54.1 Å². The second-order valence-electron chi connectivity index (χ2n) is 6.28. The molecule has 0 amide bonds. The number of aryl methyl sites for hydroxylation is 2. The number of carbonyl (C=O) groups is 1. The summed E-state index contributed by atoms with van der Waals surface area (Å²) in [7, 11) is 0. The van der Waals surface area contributed by atoms with Crippen LogP contribution in [-0.4, -0.2) is 26.2 Å². The third kappa shape index (κ3) is 4.04. The molecule has 22 heavy (non-hydrogen) atoms. The van der Waals surface area contributed by atoms with E-state index in [4.69, 9.17) is 0 Å². The van der Waals surface area contributed by atoms with E-state index >= 15 is 0 Å². The van der Waals surface area contributed by atoms with Crippen LogP contribution in [0.4, 0.5) is 0 Å². The molecule has 1 heterocycles. The first-order chi connectivity index (χ1) is 10.4. The predicted molar refractivity (Wildman–Crippen MR) is 86.8 cm³/mol. The fourth-order valence-electron chi connectivity index (χ4n) is 2.46. The quantitative estimate of drug-likeness (QED) is 0.891. The lowest BCUT2D eigenvalue weighted by Gasteiger charge is -2.31. The van der Waals surface area contributed by atoms with Gasteiger partial charge in [-0.05, 0) is 31.2 Å². The topological polar surface area (TPSA) is 55.1 Å². The SMILES string of the molecule is Cc1ccc(CC[C@](O)(CC(=O)n2ccnc2)C(C)C)cc1. The molecule has 0 aliphatic carbocycles. The highest BCUT2D eigenvalue weighted by atomic mass is 16.3. The summed E-state index contributed by atoms with van der Waals surface area (Å²) in [6.07, 6.45) is 6.08. The van der Waals surface area contributed by atoms with Gasteiger partial charge in [0.15, 0.2) is 0 Å². The van der Waals surface area contributed by atoms with Crippen LogP contribution < -0.4 is 0 Å². The molecule has 0 spiro atoms. The van der Waals surface area contributed by atoms with Crippen LogP contribution >= 0.6 is 0 Å². The van der Waals surface area contributed by atoms with Crippen LogP contribution in [0.5, 0.6) is 0 Å². The molecule has 2 rings (SSSR count). The summed E-state index contributed by atoms with van der Waals surface area (Å²) in [5, 5.41) is 10.9. The molecule has 2 aromatic rings. The predicted octanol–water partition coefficient (Wildman–Crippen LogP) is 3.24. The number of aromatic nitrogens is 2. The average Bonchev–Trinajstić information content (AvgIpc) is 3.01. The summed E-state index contributed by atoms with van der Waals surface area (Å²) in [4.78, 5) is 16.1. The maximum absolute atomic E-state index is 12.2. The Morgan fingerprint density at radius 2 is 2.00 bits per heavy atom. The third-order valence-corrected chi connectivity index (χ3v) is 4.29. The van der Waals surface area contributed by atoms with Gasteiger partial charge in [-0.1, -0.05) is 43.7 Å². The molecule has 4 heteroatoms. The van der Waals surface area contributed by atoms with Crippen molar-refractivity contribution in [2.24, 2.45) is 5.92 Å². The van der Waals surface area contributed by atoms with Crippen LogP contribution in [0.3, 0.4) is 0 Å². The van der Waals surface area contributed by atoms with Crippen molar-refractivity contribution < 1.29 is 9.90 Å². The van der Waals surface area contributed by atoms with Gasteiger partial charge in [-0.15, -0.1) is 0 Å². The minimum Gasteiger partial charge on any atom is -0.389 e. The van der Waals surface area contributed by atoms with E-state index in [1.807, 2.05) is 13.8 Å². The summed E-state index contributed by atoms with van der Waals surface area (Å²) in [5.74, 6) is -0.122. The van der Waals surface area contributed by atoms with Crippen molar-refractivity contribution in [1.29, 1.82) is 0 Å². The molecule has 118 valence electrons. The minimum atomic E-state index is -1.01. The normalized spacial score (nSPS) is 14.0. The molecular weight excluding hydrogens is 276 g/mol. The van der Waals surface area contributed by atoms with Crippen molar-refractivity contribution in [2.75, 3.05) is 0 Å². The van der Waals surface area contributed by atoms with E-state index in [0.717, 1.165) is 6.42 Å². The molecule has 0 fully saturated rings. The Balaban J connectivity index is 2.04. The number of benzene rings is 1. The first-order valence-electron chi connectivity index (χ1n) is 7.70. The molecule has 1 aromatic heterocycles. The van der Waals surface area contributed by atoms with Gasteiger partial charge in [-0.3, -0.25) is 9.36 Å². The minimum absolute atomic E-state index is 0.00502. The fourth-order valence-corrected chi connectivity index (χ4v) is 2.46. The second kappa shape index (κ2) is 6.88. The zero-order chi connectivity index (χ0) is 16.2. The standard InChI is InChI=1S/C18H24N2O2/c1-14(2)18(22,12-17(21)20-11-10-19-13-20)9-8-16-6-4-15(3)5-7-16/h4-7,10-11,13-14,22H,8-9,12H2,1-3H3/t18-/m0/s1. The summed E-state index contributed by atoms with van der Waals surface area (Å²) >= 11 is 0. The van der Waals surface area contributed by atoms with E-state index in [9.17, 15) is 9.90 Å². The molecule has 0 radical (unpaired) electrons. The molecule has 1 N–H and O–H groups in total. The number of imidazole rings is 1. The molecule has 4 nitrogen and oxygen atoms in total. The van der Waals surface area contributed by atoms with Gasteiger partial charge in [0.2, 0.25) is 5.91 Å². The Hall–Kier alpha value is -1.94. The lowest BCUT2D eigenvalue weighted by atomic mass is 9.81. The van der Waals surface area contributed by atoms with Crippen molar-refractivity contribution in [1.82, 2.24) is 9.55 Å². The molecule has 0 aliphatic heterocycles. The van der Waals surface area contributed by atoms with Crippen LogP contribution in [0.25, 0.3) is 0 Å².